The highest BCUT2D eigenvalue weighted by Gasteiger charge is 2.08. The zero-order valence-corrected chi connectivity index (χ0v) is 11.7. The molecule has 4 nitrogen and oxygen atoms in total. The predicted molar refractivity (Wildman–Crippen MR) is 71.8 cm³/mol. The highest BCUT2D eigenvalue weighted by molar-refractivity contribution is 6.30. The zero-order chi connectivity index (χ0) is 13.1. The molecule has 2 aromatic heterocycles. The third-order valence-electron chi connectivity index (χ3n) is 2.69. The lowest BCUT2D eigenvalue weighted by Crippen LogP contribution is -2.21. The maximum atomic E-state index is 5.82. The van der Waals surface area contributed by atoms with Crippen LogP contribution in [0, 0.1) is 6.92 Å². The van der Waals surface area contributed by atoms with E-state index in [-0.39, 0.29) is 0 Å². The van der Waals surface area contributed by atoms with Crippen molar-refractivity contribution in [1.82, 2.24) is 15.1 Å². The largest absolute Gasteiger partial charge is 0.464 e. The summed E-state index contributed by atoms with van der Waals surface area (Å²) < 4.78 is 7.48. The molecule has 0 saturated carbocycles. The molecule has 5 heteroatoms. The molecule has 0 amide bonds. The highest BCUT2D eigenvalue weighted by Crippen LogP contribution is 2.16. The van der Waals surface area contributed by atoms with Gasteiger partial charge in [0.1, 0.15) is 11.5 Å². The van der Waals surface area contributed by atoms with Crippen LogP contribution in [0.5, 0.6) is 0 Å². The van der Waals surface area contributed by atoms with Crippen LogP contribution in [-0.4, -0.2) is 15.8 Å². The number of halogens is 1. The molecular formula is C13H18ClN3O. The van der Waals surface area contributed by atoms with Crippen LogP contribution in [0.2, 0.25) is 5.02 Å². The number of nitrogens with zero attached hydrogens (tertiary/aromatic N) is 2. The molecule has 0 saturated heterocycles. The van der Waals surface area contributed by atoms with Gasteiger partial charge in [0.15, 0.2) is 0 Å². The maximum Gasteiger partial charge on any atom is 0.125 e. The molecule has 0 aliphatic heterocycles. The second-order valence-electron chi connectivity index (χ2n) is 4.69. The number of nitrogens with one attached hydrogen (secondary N) is 1. The van der Waals surface area contributed by atoms with Crippen molar-refractivity contribution >= 4 is 11.6 Å². The van der Waals surface area contributed by atoms with Crippen molar-refractivity contribution in [3.8, 4) is 0 Å². The van der Waals surface area contributed by atoms with Gasteiger partial charge in [0.25, 0.3) is 0 Å². The molecule has 0 aliphatic rings. The van der Waals surface area contributed by atoms with Gasteiger partial charge in [0.2, 0.25) is 0 Å². The number of aryl methyl sites for hydroxylation is 1. The molecule has 1 N–H and O–H groups in total. The van der Waals surface area contributed by atoms with Crippen molar-refractivity contribution in [2.75, 3.05) is 0 Å². The molecule has 18 heavy (non-hydrogen) atoms. The summed E-state index contributed by atoms with van der Waals surface area (Å²) in [5.41, 5.74) is 1.19. The van der Waals surface area contributed by atoms with Gasteiger partial charge < -0.3 is 9.73 Å². The summed E-state index contributed by atoms with van der Waals surface area (Å²) in [7, 11) is 0. The fraction of sp³-hybridized carbons (Fsp3) is 0.462. The van der Waals surface area contributed by atoms with Crippen molar-refractivity contribution in [3.63, 3.8) is 0 Å². The van der Waals surface area contributed by atoms with Gasteiger partial charge in [0, 0.05) is 24.3 Å². The van der Waals surface area contributed by atoms with Gasteiger partial charge in [0.05, 0.1) is 17.8 Å². The lowest BCUT2D eigenvalue weighted by atomic mass is 10.2. The first-order valence-electron chi connectivity index (χ1n) is 6.04. The van der Waals surface area contributed by atoms with E-state index in [9.17, 15) is 0 Å². The molecule has 2 aromatic rings. The average molecular weight is 268 g/mol. The zero-order valence-electron chi connectivity index (χ0n) is 10.9. The standard InChI is InChI=1S/C13H18ClN3O/c1-9(2)15-5-11-4-13(18-10(11)3)8-17-7-12(14)6-16-17/h4,6-7,9,15H,5,8H2,1-3H3. The molecule has 2 rings (SSSR count). The van der Waals surface area contributed by atoms with Crippen LogP contribution in [0.3, 0.4) is 0 Å². The van der Waals surface area contributed by atoms with Crippen molar-refractivity contribution in [3.05, 3.63) is 40.6 Å². The lowest BCUT2D eigenvalue weighted by molar-refractivity contribution is 0.455. The number of rotatable bonds is 5. The second-order valence-corrected chi connectivity index (χ2v) is 5.12. The van der Waals surface area contributed by atoms with Crippen molar-refractivity contribution in [2.45, 2.75) is 39.9 Å². The monoisotopic (exact) mass is 267 g/mol. The van der Waals surface area contributed by atoms with E-state index in [1.807, 2.05) is 6.92 Å². The van der Waals surface area contributed by atoms with E-state index >= 15 is 0 Å². The van der Waals surface area contributed by atoms with Gasteiger partial charge in [-0.1, -0.05) is 25.4 Å². The Labute approximate surface area is 112 Å². The molecule has 0 spiro atoms. The third kappa shape index (κ3) is 3.37. The van der Waals surface area contributed by atoms with E-state index in [4.69, 9.17) is 16.0 Å². The third-order valence-corrected chi connectivity index (χ3v) is 2.89. The van der Waals surface area contributed by atoms with Gasteiger partial charge in [-0.25, -0.2) is 0 Å². The van der Waals surface area contributed by atoms with Crippen molar-refractivity contribution in [1.29, 1.82) is 0 Å². The molecule has 98 valence electrons. The van der Waals surface area contributed by atoms with E-state index in [1.165, 1.54) is 5.56 Å². The van der Waals surface area contributed by atoms with Crippen LogP contribution in [0.15, 0.2) is 22.9 Å². The molecule has 0 bridgehead atoms. The minimum absolute atomic E-state index is 0.465. The number of hydrogen-bond acceptors (Lipinski definition) is 3. The summed E-state index contributed by atoms with van der Waals surface area (Å²) in [4.78, 5) is 0. The Balaban J connectivity index is 2.04. The van der Waals surface area contributed by atoms with Gasteiger partial charge in [-0.15, -0.1) is 0 Å². The summed E-state index contributed by atoms with van der Waals surface area (Å²) >= 11 is 5.82. The van der Waals surface area contributed by atoms with Crippen LogP contribution in [0.25, 0.3) is 0 Å². The number of hydrogen-bond donors (Lipinski definition) is 1. The number of furan rings is 1. The molecule has 0 atom stereocenters. The maximum absolute atomic E-state index is 5.82. The molecule has 0 aromatic carbocycles. The topological polar surface area (TPSA) is 43.0 Å². The summed E-state index contributed by atoms with van der Waals surface area (Å²) in [6.45, 7) is 7.67. The molecular weight excluding hydrogens is 250 g/mol. The Morgan fingerprint density at radius 1 is 1.50 bits per heavy atom. The first-order chi connectivity index (χ1) is 8.54. The SMILES string of the molecule is Cc1oc(Cn2cc(Cl)cn2)cc1CNC(C)C. The summed E-state index contributed by atoms with van der Waals surface area (Å²) in [5, 5.41) is 8.15. The summed E-state index contributed by atoms with van der Waals surface area (Å²) in [6, 6.07) is 2.54. The minimum atomic E-state index is 0.465. The van der Waals surface area contributed by atoms with Gasteiger partial charge in [-0.05, 0) is 13.0 Å². The second kappa shape index (κ2) is 5.59. The Kier molecular flexibility index (Phi) is 4.09. The van der Waals surface area contributed by atoms with Crippen LogP contribution >= 0.6 is 11.6 Å². The smallest absolute Gasteiger partial charge is 0.125 e. The normalized spacial score (nSPS) is 11.4. The molecule has 0 aliphatic carbocycles. The van der Waals surface area contributed by atoms with Crippen molar-refractivity contribution in [2.24, 2.45) is 0 Å². The van der Waals surface area contributed by atoms with Crippen LogP contribution in [0.1, 0.15) is 30.9 Å². The summed E-state index contributed by atoms with van der Waals surface area (Å²) in [5.74, 6) is 1.85. The predicted octanol–water partition coefficient (Wildman–Crippen LogP) is 2.98. The molecule has 2 heterocycles. The van der Waals surface area contributed by atoms with E-state index in [2.05, 4.69) is 30.3 Å². The first kappa shape index (κ1) is 13.2. The van der Waals surface area contributed by atoms with E-state index in [0.29, 0.717) is 17.6 Å². The van der Waals surface area contributed by atoms with Gasteiger partial charge in [-0.3, -0.25) is 4.68 Å². The average Bonchev–Trinajstić information content (AvgIpc) is 2.83. The minimum Gasteiger partial charge on any atom is -0.464 e. The quantitative estimate of drug-likeness (QED) is 0.906. The number of aromatic nitrogens is 2. The fourth-order valence-electron chi connectivity index (χ4n) is 1.74. The van der Waals surface area contributed by atoms with E-state index < -0.39 is 0 Å². The fourth-order valence-corrected chi connectivity index (χ4v) is 1.90. The lowest BCUT2D eigenvalue weighted by Gasteiger charge is -2.05. The van der Waals surface area contributed by atoms with Crippen LogP contribution < -0.4 is 5.32 Å². The van der Waals surface area contributed by atoms with Gasteiger partial charge in [-0.2, -0.15) is 5.10 Å². The Hall–Kier alpha value is -1.26. The summed E-state index contributed by atoms with van der Waals surface area (Å²) in [6.07, 6.45) is 3.41. The molecule has 0 radical (unpaired) electrons. The molecule has 0 unspecified atom stereocenters. The Bertz CT molecular complexity index is 516. The van der Waals surface area contributed by atoms with E-state index in [0.717, 1.165) is 18.1 Å². The first-order valence-corrected chi connectivity index (χ1v) is 6.42. The van der Waals surface area contributed by atoms with Crippen LogP contribution in [0.4, 0.5) is 0 Å². The van der Waals surface area contributed by atoms with Crippen molar-refractivity contribution < 1.29 is 4.42 Å². The highest BCUT2D eigenvalue weighted by atomic mass is 35.5. The molecule has 0 fully saturated rings. The van der Waals surface area contributed by atoms with Crippen LogP contribution in [-0.2, 0) is 13.1 Å². The Morgan fingerprint density at radius 3 is 2.89 bits per heavy atom. The van der Waals surface area contributed by atoms with E-state index in [1.54, 1.807) is 17.1 Å². The Morgan fingerprint density at radius 2 is 2.28 bits per heavy atom. The van der Waals surface area contributed by atoms with Gasteiger partial charge >= 0.3 is 0 Å².